The zero-order valence-corrected chi connectivity index (χ0v) is 11.0. The van der Waals surface area contributed by atoms with Gasteiger partial charge in [-0.05, 0) is 46.8 Å². The molecule has 0 radical (unpaired) electrons. The molecule has 0 heterocycles. The van der Waals surface area contributed by atoms with Crippen molar-refractivity contribution in [3.63, 3.8) is 0 Å². The monoisotopic (exact) mass is 234 g/mol. The molecule has 16 heavy (non-hydrogen) atoms. The van der Waals surface area contributed by atoms with Gasteiger partial charge in [0, 0.05) is 0 Å². The molecule has 0 saturated heterocycles. The lowest BCUT2D eigenvalue weighted by molar-refractivity contribution is 0.352. The van der Waals surface area contributed by atoms with E-state index in [1.165, 1.54) is 18.4 Å². The Morgan fingerprint density at radius 3 is 2.81 bits per heavy atom. The van der Waals surface area contributed by atoms with Gasteiger partial charge in [-0.25, -0.2) is 0 Å². The van der Waals surface area contributed by atoms with Gasteiger partial charge in [0.2, 0.25) is 0 Å². The summed E-state index contributed by atoms with van der Waals surface area (Å²) in [6.45, 7) is 7.04. The Hall–Kier alpha value is -0.490. The number of benzene rings is 1. The topological polar surface area (TPSA) is 0 Å². The number of hydrogen-bond donors (Lipinski definition) is 0. The average Bonchev–Trinajstić information content (AvgIpc) is 2.49. The molecule has 2 aliphatic rings. The first-order chi connectivity index (χ1) is 7.52. The van der Waals surface area contributed by atoms with Gasteiger partial charge < -0.3 is 0 Å². The minimum Gasteiger partial charge on any atom is -0.117 e. The lowest BCUT2D eigenvalue weighted by Crippen LogP contribution is -2.26. The summed E-state index contributed by atoms with van der Waals surface area (Å²) in [5.41, 5.74) is 4.88. The van der Waals surface area contributed by atoms with Crippen LogP contribution in [0.5, 0.6) is 0 Å². The van der Waals surface area contributed by atoms with E-state index in [0.717, 1.165) is 0 Å². The first-order valence-corrected chi connectivity index (χ1v) is 6.73. The summed E-state index contributed by atoms with van der Waals surface area (Å²) in [5, 5.41) is 0.230. The van der Waals surface area contributed by atoms with Crippen molar-refractivity contribution in [2.45, 2.75) is 50.3 Å². The minimum atomic E-state index is 0.230. The Morgan fingerprint density at radius 2 is 2.06 bits per heavy atom. The van der Waals surface area contributed by atoms with Gasteiger partial charge in [-0.3, -0.25) is 0 Å². The third-order valence-electron chi connectivity index (χ3n) is 4.71. The Labute approximate surface area is 103 Å². The highest BCUT2D eigenvalue weighted by Crippen LogP contribution is 2.56. The van der Waals surface area contributed by atoms with Gasteiger partial charge >= 0.3 is 0 Å². The van der Waals surface area contributed by atoms with Crippen molar-refractivity contribution < 1.29 is 0 Å². The Balaban J connectivity index is 2.25. The van der Waals surface area contributed by atoms with Gasteiger partial charge in [0.1, 0.15) is 0 Å². The fourth-order valence-electron chi connectivity index (χ4n) is 3.64. The third-order valence-corrected chi connectivity index (χ3v) is 5.35. The van der Waals surface area contributed by atoms with Crippen LogP contribution in [0.3, 0.4) is 0 Å². The van der Waals surface area contributed by atoms with Crippen LogP contribution in [0.1, 0.15) is 61.6 Å². The molecule has 0 aromatic heterocycles. The fraction of sp³-hybridized carbons (Fsp3) is 0.600. The maximum atomic E-state index is 6.56. The van der Waals surface area contributed by atoms with Crippen LogP contribution in [0.2, 0.25) is 0 Å². The van der Waals surface area contributed by atoms with Crippen molar-refractivity contribution in [1.82, 2.24) is 0 Å². The van der Waals surface area contributed by atoms with Crippen LogP contribution in [0, 0.1) is 5.92 Å². The highest BCUT2D eigenvalue weighted by molar-refractivity contribution is 6.21. The molecule has 0 spiro atoms. The van der Waals surface area contributed by atoms with Gasteiger partial charge in [0.15, 0.2) is 0 Å². The first-order valence-electron chi connectivity index (χ1n) is 6.30. The Morgan fingerprint density at radius 1 is 1.31 bits per heavy atom. The molecule has 1 aromatic carbocycles. The molecule has 2 aliphatic carbocycles. The molecular weight excluding hydrogens is 216 g/mol. The maximum absolute atomic E-state index is 6.56. The zero-order valence-electron chi connectivity index (χ0n) is 10.3. The van der Waals surface area contributed by atoms with Gasteiger partial charge in [-0.2, -0.15) is 0 Å². The van der Waals surface area contributed by atoms with Gasteiger partial charge in [-0.15, -0.1) is 11.6 Å². The van der Waals surface area contributed by atoms with Crippen molar-refractivity contribution in [2.75, 3.05) is 0 Å². The standard InChI is InChI=1S/C15H19Cl/c1-9-10-7-8-15(2,3)12-6-4-5-11(13(10)12)14(9)16/h4-6,9-10,14H,7-8H2,1-3H3. The molecule has 0 N–H and O–H groups in total. The summed E-state index contributed by atoms with van der Waals surface area (Å²) in [4.78, 5) is 0. The van der Waals surface area contributed by atoms with Gasteiger partial charge in [-0.1, -0.05) is 39.0 Å². The normalized spacial score (nSPS) is 34.9. The molecule has 1 aromatic rings. The second-order valence-electron chi connectivity index (χ2n) is 6.10. The summed E-state index contributed by atoms with van der Waals surface area (Å²) >= 11 is 6.56. The van der Waals surface area contributed by atoms with E-state index in [1.54, 1.807) is 11.1 Å². The number of rotatable bonds is 0. The quantitative estimate of drug-likeness (QED) is 0.568. The minimum absolute atomic E-state index is 0.230. The van der Waals surface area contributed by atoms with Crippen molar-refractivity contribution in [2.24, 2.45) is 5.92 Å². The average molecular weight is 235 g/mol. The molecular formula is C15H19Cl. The first kappa shape index (κ1) is 10.7. The lowest BCUT2D eigenvalue weighted by Gasteiger charge is -2.36. The second kappa shape index (κ2) is 3.26. The molecule has 1 heteroatoms. The Kier molecular flexibility index (Phi) is 2.17. The number of alkyl halides is 1. The van der Waals surface area contributed by atoms with Gasteiger partial charge in [0.05, 0.1) is 5.38 Å². The van der Waals surface area contributed by atoms with E-state index < -0.39 is 0 Å². The summed E-state index contributed by atoms with van der Waals surface area (Å²) < 4.78 is 0. The van der Waals surface area contributed by atoms with E-state index in [9.17, 15) is 0 Å². The largest absolute Gasteiger partial charge is 0.117 e. The van der Waals surface area contributed by atoms with E-state index in [4.69, 9.17) is 11.6 Å². The van der Waals surface area contributed by atoms with Crippen molar-refractivity contribution in [3.8, 4) is 0 Å². The molecule has 0 fully saturated rings. The number of halogens is 1. The van der Waals surface area contributed by atoms with E-state index >= 15 is 0 Å². The molecule has 0 bridgehead atoms. The number of hydrogen-bond acceptors (Lipinski definition) is 0. The molecule has 0 saturated carbocycles. The fourth-order valence-corrected chi connectivity index (χ4v) is 4.00. The summed E-state index contributed by atoms with van der Waals surface area (Å²) in [5.74, 6) is 1.32. The van der Waals surface area contributed by atoms with Gasteiger partial charge in [0.25, 0.3) is 0 Å². The molecule has 3 atom stereocenters. The van der Waals surface area contributed by atoms with Crippen LogP contribution in [-0.2, 0) is 5.41 Å². The van der Waals surface area contributed by atoms with Crippen molar-refractivity contribution in [1.29, 1.82) is 0 Å². The van der Waals surface area contributed by atoms with Crippen LogP contribution in [0.15, 0.2) is 18.2 Å². The molecule has 0 aliphatic heterocycles. The molecule has 0 amide bonds. The summed E-state index contributed by atoms with van der Waals surface area (Å²) in [6.07, 6.45) is 2.60. The van der Waals surface area contributed by atoms with E-state index in [0.29, 0.717) is 17.3 Å². The molecule has 0 nitrogen and oxygen atoms in total. The van der Waals surface area contributed by atoms with Crippen LogP contribution >= 0.6 is 11.6 Å². The smallest absolute Gasteiger partial charge is 0.0619 e. The van der Waals surface area contributed by atoms with Crippen LogP contribution in [0.4, 0.5) is 0 Å². The second-order valence-corrected chi connectivity index (χ2v) is 6.57. The predicted molar refractivity (Wildman–Crippen MR) is 69.2 cm³/mol. The van der Waals surface area contributed by atoms with E-state index in [-0.39, 0.29) is 5.38 Å². The zero-order chi connectivity index (χ0) is 11.5. The highest BCUT2D eigenvalue weighted by atomic mass is 35.5. The predicted octanol–water partition coefficient (Wildman–Crippen LogP) is 4.77. The molecule has 3 rings (SSSR count). The highest BCUT2D eigenvalue weighted by Gasteiger charge is 2.43. The summed E-state index contributed by atoms with van der Waals surface area (Å²) in [7, 11) is 0. The van der Waals surface area contributed by atoms with Crippen LogP contribution in [-0.4, -0.2) is 0 Å². The van der Waals surface area contributed by atoms with Crippen molar-refractivity contribution >= 4 is 11.6 Å². The van der Waals surface area contributed by atoms with E-state index in [1.807, 2.05) is 0 Å². The third kappa shape index (κ3) is 1.23. The Bertz CT molecular complexity index is 433. The van der Waals surface area contributed by atoms with Crippen LogP contribution in [0.25, 0.3) is 0 Å². The SMILES string of the molecule is CC1C(Cl)c2cccc3c2C1CCC3(C)C. The van der Waals surface area contributed by atoms with Crippen LogP contribution < -0.4 is 0 Å². The van der Waals surface area contributed by atoms with E-state index in [2.05, 4.69) is 39.0 Å². The molecule has 3 unspecified atom stereocenters. The molecule has 86 valence electrons. The summed E-state index contributed by atoms with van der Waals surface area (Å²) in [6, 6.07) is 6.73. The lowest BCUT2D eigenvalue weighted by atomic mass is 9.68. The maximum Gasteiger partial charge on any atom is 0.0619 e. The van der Waals surface area contributed by atoms with Crippen molar-refractivity contribution in [3.05, 3.63) is 34.9 Å².